The molecule has 1 N–H and O–H groups in total. The third kappa shape index (κ3) is 2.86. The predicted molar refractivity (Wildman–Crippen MR) is 80.6 cm³/mol. The molecule has 0 unspecified atom stereocenters. The van der Waals surface area contributed by atoms with E-state index in [2.05, 4.69) is 20.3 Å². The zero-order valence-corrected chi connectivity index (χ0v) is 12.5. The average Bonchev–Trinajstić information content (AvgIpc) is 3.01. The van der Waals surface area contributed by atoms with E-state index in [1.807, 2.05) is 19.1 Å². The fourth-order valence-corrected chi connectivity index (χ4v) is 2.02. The Hall–Kier alpha value is -3.29. The van der Waals surface area contributed by atoms with Crippen LogP contribution in [0.1, 0.15) is 16.2 Å². The second-order valence-electron chi connectivity index (χ2n) is 4.75. The molecule has 0 spiro atoms. The van der Waals surface area contributed by atoms with Crippen LogP contribution in [0.3, 0.4) is 0 Å². The number of aromatic nitrogens is 5. The molecule has 0 fully saturated rings. The molecule has 0 bridgehead atoms. The van der Waals surface area contributed by atoms with E-state index in [4.69, 9.17) is 4.74 Å². The van der Waals surface area contributed by atoms with Gasteiger partial charge >= 0.3 is 5.97 Å². The molecule has 0 radical (unpaired) electrons. The molecular weight excluding hydrogens is 298 g/mol. The molecule has 23 heavy (non-hydrogen) atoms. The monoisotopic (exact) mass is 311 g/mol. The summed E-state index contributed by atoms with van der Waals surface area (Å²) in [6.07, 6.45) is 1.66. The molecule has 0 aliphatic rings. The van der Waals surface area contributed by atoms with Gasteiger partial charge in [-0.2, -0.15) is 5.10 Å². The van der Waals surface area contributed by atoms with Gasteiger partial charge < -0.3 is 9.84 Å². The molecule has 8 heteroatoms. The van der Waals surface area contributed by atoms with Crippen molar-refractivity contribution in [2.45, 2.75) is 6.92 Å². The number of pyridine rings is 1. The van der Waals surface area contributed by atoms with Crippen molar-refractivity contribution in [3.05, 3.63) is 47.9 Å². The normalized spacial score (nSPS) is 10.5. The van der Waals surface area contributed by atoms with Gasteiger partial charge in [0.1, 0.15) is 0 Å². The minimum atomic E-state index is -1.12. The van der Waals surface area contributed by atoms with E-state index in [-0.39, 0.29) is 5.69 Å². The van der Waals surface area contributed by atoms with E-state index >= 15 is 0 Å². The van der Waals surface area contributed by atoms with Crippen molar-refractivity contribution in [2.24, 2.45) is 0 Å². The summed E-state index contributed by atoms with van der Waals surface area (Å²) in [6, 6.07) is 8.43. The van der Waals surface area contributed by atoms with Crippen molar-refractivity contribution in [2.75, 3.05) is 7.11 Å². The predicted octanol–water partition coefficient (Wildman–Crippen LogP) is 1.74. The molecule has 116 valence electrons. The number of carboxylic acids is 1. The van der Waals surface area contributed by atoms with Crippen LogP contribution in [0.4, 0.5) is 0 Å². The van der Waals surface area contributed by atoms with Crippen molar-refractivity contribution in [3.8, 4) is 23.0 Å². The number of carbonyl (C=O) groups is 1. The lowest BCUT2D eigenvalue weighted by molar-refractivity contribution is 0.0690. The number of nitrogens with zero attached hydrogens (tertiary/aromatic N) is 5. The summed E-state index contributed by atoms with van der Waals surface area (Å²) in [5.74, 6) is -0.377. The van der Waals surface area contributed by atoms with Crippen LogP contribution in [0.15, 0.2) is 36.5 Å². The fraction of sp³-hybridized carbons (Fsp3) is 0.133. The van der Waals surface area contributed by atoms with Gasteiger partial charge in [-0.1, -0.05) is 0 Å². The molecule has 8 nitrogen and oxygen atoms in total. The van der Waals surface area contributed by atoms with Gasteiger partial charge in [-0.3, -0.25) is 4.98 Å². The first-order chi connectivity index (χ1) is 11.1. The Bertz CT molecular complexity index is 841. The second-order valence-corrected chi connectivity index (χ2v) is 4.75. The highest BCUT2D eigenvalue weighted by atomic mass is 16.5. The maximum absolute atomic E-state index is 11.2. The molecule has 3 aromatic heterocycles. The van der Waals surface area contributed by atoms with E-state index < -0.39 is 5.97 Å². The van der Waals surface area contributed by atoms with Crippen LogP contribution in [0, 0.1) is 6.92 Å². The highest BCUT2D eigenvalue weighted by molar-refractivity contribution is 5.87. The Morgan fingerprint density at radius 1 is 1.22 bits per heavy atom. The number of aryl methyl sites for hydroxylation is 1. The fourth-order valence-electron chi connectivity index (χ4n) is 2.02. The van der Waals surface area contributed by atoms with Crippen LogP contribution in [0.5, 0.6) is 5.88 Å². The van der Waals surface area contributed by atoms with E-state index in [1.54, 1.807) is 18.3 Å². The Labute approximate surface area is 131 Å². The molecule has 3 rings (SSSR count). The summed E-state index contributed by atoms with van der Waals surface area (Å²) < 4.78 is 6.39. The first kappa shape index (κ1) is 14.6. The van der Waals surface area contributed by atoms with E-state index in [9.17, 15) is 9.90 Å². The van der Waals surface area contributed by atoms with Gasteiger partial charge in [0.15, 0.2) is 11.5 Å². The number of hydrogen-bond donors (Lipinski definition) is 1. The summed E-state index contributed by atoms with van der Waals surface area (Å²) in [4.78, 5) is 15.5. The molecule has 3 heterocycles. The number of rotatable bonds is 4. The topological polar surface area (TPSA) is 103 Å². The first-order valence-corrected chi connectivity index (χ1v) is 6.73. The summed E-state index contributed by atoms with van der Waals surface area (Å²) in [7, 11) is 1.49. The van der Waals surface area contributed by atoms with Crippen LogP contribution in [-0.2, 0) is 0 Å². The van der Waals surface area contributed by atoms with Crippen molar-refractivity contribution in [3.63, 3.8) is 0 Å². The molecule has 0 saturated carbocycles. The van der Waals surface area contributed by atoms with Gasteiger partial charge in [0, 0.05) is 23.5 Å². The number of carboxylic acid groups (broad SMARTS) is 1. The van der Waals surface area contributed by atoms with Gasteiger partial charge in [-0.15, -0.1) is 10.2 Å². The zero-order chi connectivity index (χ0) is 16.4. The number of aromatic carboxylic acids is 1. The smallest absolute Gasteiger partial charge is 0.356 e. The van der Waals surface area contributed by atoms with Gasteiger partial charge in [0.25, 0.3) is 0 Å². The highest BCUT2D eigenvalue weighted by Crippen LogP contribution is 2.23. The maximum atomic E-state index is 11.2. The van der Waals surface area contributed by atoms with E-state index in [0.29, 0.717) is 17.4 Å². The zero-order valence-electron chi connectivity index (χ0n) is 12.5. The number of hydrogen-bond acceptors (Lipinski definition) is 6. The van der Waals surface area contributed by atoms with Crippen molar-refractivity contribution in [1.82, 2.24) is 25.0 Å². The van der Waals surface area contributed by atoms with Crippen LogP contribution in [0.25, 0.3) is 17.1 Å². The van der Waals surface area contributed by atoms with Gasteiger partial charge in [0.05, 0.1) is 12.8 Å². The van der Waals surface area contributed by atoms with Crippen molar-refractivity contribution in [1.29, 1.82) is 0 Å². The third-order valence-electron chi connectivity index (χ3n) is 3.19. The molecule has 3 aromatic rings. The largest absolute Gasteiger partial charge is 0.480 e. The summed E-state index contributed by atoms with van der Waals surface area (Å²) in [5, 5.41) is 21.2. The van der Waals surface area contributed by atoms with Crippen LogP contribution in [-0.4, -0.2) is 43.1 Å². The van der Waals surface area contributed by atoms with Gasteiger partial charge in [-0.05, 0) is 31.2 Å². The van der Waals surface area contributed by atoms with Crippen LogP contribution < -0.4 is 4.74 Å². The summed E-state index contributed by atoms with van der Waals surface area (Å²) in [5.41, 5.74) is 2.07. The minimum Gasteiger partial charge on any atom is -0.480 e. The highest BCUT2D eigenvalue weighted by Gasteiger charge is 2.17. The lowest BCUT2D eigenvalue weighted by Crippen LogP contribution is -2.05. The van der Waals surface area contributed by atoms with Crippen LogP contribution >= 0.6 is 0 Å². The molecule has 0 aliphatic heterocycles. The Morgan fingerprint density at radius 2 is 2.04 bits per heavy atom. The van der Waals surface area contributed by atoms with Crippen LogP contribution in [0.2, 0.25) is 0 Å². The number of methoxy groups -OCH3 is 1. The SMILES string of the molecule is COc1ccc(-n2nc(C(=O)O)cc2-c2ccc(C)nc2)nn1. The molecule has 0 aliphatic carbocycles. The van der Waals surface area contributed by atoms with E-state index in [0.717, 1.165) is 11.3 Å². The quantitative estimate of drug-likeness (QED) is 0.782. The Balaban J connectivity index is 2.13. The molecular formula is C15H13N5O3. The number of ether oxygens (including phenoxy) is 1. The second kappa shape index (κ2) is 5.84. The van der Waals surface area contributed by atoms with Gasteiger partial charge in [0.2, 0.25) is 5.88 Å². The molecule has 0 saturated heterocycles. The lowest BCUT2D eigenvalue weighted by atomic mass is 10.2. The first-order valence-electron chi connectivity index (χ1n) is 6.73. The average molecular weight is 311 g/mol. The molecule has 0 atom stereocenters. The molecule has 0 aromatic carbocycles. The minimum absolute atomic E-state index is 0.0850. The van der Waals surface area contributed by atoms with E-state index in [1.165, 1.54) is 17.9 Å². The summed E-state index contributed by atoms with van der Waals surface area (Å²) >= 11 is 0. The molecule has 0 amide bonds. The maximum Gasteiger partial charge on any atom is 0.356 e. The Morgan fingerprint density at radius 3 is 2.61 bits per heavy atom. The Kier molecular flexibility index (Phi) is 3.71. The standard InChI is InChI=1S/C15H13N5O3/c1-9-3-4-10(8-16-9)12-7-11(15(21)22)19-20(12)13-5-6-14(23-2)18-17-13/h3-8H,1-2H3,(H,21,22). The van der Waals surface area contributed by atoms with Crippen molar-refractivity contribution < 1.29 is 14.6 Å². The third-order valence-corrected chi connectivity index (χ3v) is 3.19. The van der Waals surface area contributed by atoms with Gasteiger partial charge in [-0.25, -0.2) is 9.48 Å². The lowest BCUT2D eigenvalue weighted by Gasteiger charge is -2.06. The van der Waals surface area contributed by atoms with Crippen molar-refractivity contribution >= 4 is 5.97 Å². The summed E-state index contributed by atoms with van der Waals surface area (Å²) in [6.45, 7) is 1.87.